The summed E-state index contributed by atoms with van der Waals surface area (Å²) in [5, 5.41) is 5.22. The molecule has 6 heteroatoms. The molecule has 132 valence electrons. The molecule has 1 aromatic carbocycles. The van der Waals surface area contributed by atoms with Gasteiger partial charge in [0.15, 0.2) is 0 Å². The van der Waals surface area contributed by atoms with Crippen molar-refractivity contribution in [3.05, 3.63) is 62.5 Å². The van der Waals surface area contributed by atoms with Gasteiger partial charge in [0, 0.05) is 17.6 Å². The number of fused-ring (bicyclic) bond motifs is 1. The van der Waals surface area contributed by atoms with E-state index in [0.717, 1.165) is 28.6 Å². The van der Waals surface area contributed by atoms with Crippen LogP contribution in [0.25, 0.3) is 4.96 Å². The molecule has 0 fully saturated rings. The molecule has 0 unspecified atom stereocenters. The van der Waals surface area contributed by atoms with Crippen molar-refractivity contribution >= 4 is 28.1 Å². The van der Waals surface area contributed by atoms with Gasteiger partial charge in [0.25, 0.3) is 5.56 Å². The van der Waals surface area contributed by atoms with E-state index in [-0.39, 0.29) is 11.0 Å². The fraction of sp³-hybridized carbons (Fsp3) is 0.421. The molecule has 0 radical (unpaired) electrons. The summed E-state index contributed by atoms with van der Waals surface area (Å²) in [5.41, 5.74) is 3.55. The summed E-state index contributed by atoms with van der Waals surface area (Å²) in [7, 11) is 0. The van der Waals surface area contributed by atoms with Crippen LogP contribution in [0.4, 0.5) is 0 Å². The predicted octanol–water partition coefficient (Wildman–Crippen LogP) is 4.44. The molecule has 0 atom stereocenters. The summed E-state index contributed by atoms with van der Waals surface area (Å²) in [6, 6.07) is 10.4. The first-order chi connectivity index (χ1) is 11.9. The van der Waals surface area contributed by atoms with Gasteiger partial charge in [-0.05, 0) is 23.0 Å². The molecule has 0 amide bonds. The Bertz CT molecular complexity index is 920. The number of hydrogen-bond donors (Lipinski definition) is 0. The van der Waals surface area contributed by atoms with Crippen LogP contribution in [0.15, 0.2) is 35.1 Å². The normalized spacial score (nSPS) is 12.0. The molecular weight excluding hydrogens is 350 g/mol. The van der Waals surface area contributed by atoms with E-state index in [1.165, 1.54) is 27.0 Å². The van der Waals surface area contributed by atoms with Crippen LogP contribution in [-0.4, -0.2) is 14.6 Å². The van der Waals surface area contributed by atoms with Crippen molar-refractivity contribution in [3.8, 4) is 0 Å². The Morgan fingerprint density at radius 3 is 2.52 bits per heavy atom. The maximum atomic E-state index is 12.2. The quantitative estimate of drug-likeness (QED) is 0.663. The molecule has 2 heterocycles. The van der Waals surface area contributed by atoms with Gasteiger partial charge < -0.3 is 0 Å². The maximum absolute atomic E-state index is 12.2. The predicted molar refractivity (Wildman–Crippen MR) is 107 cm³/mol. The minimum atomic E-state index is -0.0916. The number of aromatic nitrogens is 3. The second-order valence-corrected chi connectivity index (χ2v) is 9.10. The third kappa shape index (κ3) is 4.30. The Hall–Kier alpha value is -1.66. The SMILES string of the molecule is CCc1nn2c(=O)cc(CSCc3ccc(C(C)(C)C)cc3)nc2s1. The van der Waals surface area contributed by atoms with Gasteiger partial charge in [-0.2, -0.15) is 21.4 Å². The van der Waals surface area contributed by atoms with E-state index in [9.17, 15) is 4.79 Å². The van der Waals surface area contributed by atoms with Gasteiger partial charge in [0.05, 0.1) is 5.69 Å². The Morgan fingerprint density at radius 1 is 1.16 bits per heavy atom. The van der Waals surface area contributed by atoms with Crippen LogP contribution in [-0.2, 0) is 23.3 Å². The molecule has 25 heavy (non-hydrogen) atoms. The number of rotatable bonds is 5. The lowest BCUT2D eigenvalue weighted by atomic mass is 9.87. The summed E-state index contributed by atoms with van der Waals surface area (Å²) in [5.74, 6) is 1.64. The summed E-state index contributed by atoms with van der Waals surface area (Å²) in [4.78, 5) is 17.4. The molecule has 0 aliphatic rings. The minimum Gasteiger partial charge on any atom is -0.267 e. The van der Waals surface area contributed by atoms with Crippen LogP contribution in [0.1, 0.15) is 49.5 Å². The second-order valence-electron chi connectivity index (χ2n) is 7.07. The molecule has 0 bridgehead atoms. The fourth-order valence-electron chi connectivity index (χ4n) is 2.49. The lowest BCUT2D eigenvalue weighted by molar-refractivity contribution is 0.590. The number of nitrogens with zero attached hydrogens (tertiary/aromatic N) is 3. The Morgan fingerprint density at radius 2 is 1.88 bits per heavy atom. The first-order valence-corrected chi connectivity index (χ1v) is 10.4. The summed E-state index contributed by atoms with van der Waals surface area (Å²) in [6.45, 7) is 8.70. The highest BCUT2D eigenvalue weighted by Crippen LogP contribution is 2.24. The first kappa shape index (κ1) is 18.1. The smallest absolute Gasteiger partial charge is 0.267 e. The zero-order valence-corrected chi connectivity index (χ0v) is 16.7. The van der Waals surface area contributed by atoms with Crippen LogP contribution < -0.4 is 5.56 Å². The van der Waals surface area contributed by atoms with E-state index in [2.05, 4.69) is 55.1 Å². The topological polar surface area (TPSA) is 47.3 Å². The van der Waals surface area contributed by atoms with Gasteiger partial charge in [0.2, 0.25) is 4.96 Å². The number of aryl methyl sites for hydroxylation is 1. The lowest BCUT2D eigenvalue weighted by Gasteiger charge is -2.19. The van der Waals surface area contributed by atoms with Crippen molar-refractivity contribution in [2.45, 2.75) is 51.0 Å². The second kappa shape index (κ2) is 7.30. The maximum Gasteiger partial charge on any atom is 0.275 e. The van der Waals surface area contributed by atoms with Crippen molar-refractivity contribution < 1.29 is 0 Å². The van der Waals surface area contributed by atoms with Crippen molar-refractivity contribution in [1.29, 1.82) is 0 Å². The van der Waals surface area contributed by atoms with Crippen LogP contribution >= 0.6 is 23.1 Å². The number of benzene rings is 1. The monoisotopic (exact) mass is 373 g/mol. The van der Waals surface area contributed by atoms with Crippen molar-refractivity contribution in [2.24, 2.45) is 0 Å². The minimum absolute atomic E-state index is 0.0916. The highest BCUT2D eigenvalue weighted by Gasteiger charge is 2.13. The molecule has 0 aliphatic heterocycles. The van der Waals surface area contributed by atoms with E-state index in [1.54, 1.807) is 17.8 Å². The highest BCUT2D eigenvalue weighted by atomic mass is 32.2. The molecular formula is C19H23N3OS2. The molecule has 3 rings (SSSR count). The van der Waals surface area contributed by atoms with Gasteiger partial charge in [-0.1, -0.05) is 63.3 Å². The molecule has 0 N–H and O–H groups in total. The summed E-state index contributed by atoms with van der Waals surface area (Å²) < 4.78 is 1.41. The summed E-state index contributed by atoms with van der Waals surface area (Å²) in [6.07, 6.45) is 0.822. The van der Waals surface area contributed by atoms with Gasteiger partial charge in [-0.15, -0.1) is 0 Å². The zero-order chi connectivity index (χ0) is 18.0. The van der Waals surface area contributed by atoms with E-state index in [4.69, 9.17) is 0 Å². The average Bonchev–Trinajstić information content (AvgIpc) is 2.98. The summed E-state index contributed by atoms with van der Waals surface area (Å²) >= 11 is 3.27. The van der Waals surface area contributed by atoms with Gasteiger partial charge in [-0.3, -0.25) is 4.79 Å². The van der Waals surface area contributed by atoms with Crippen LogP contribution in [0.2, 0.25) is 0 Å². The first-order valence-electron chi connectivity index (χ1n) is 8.42. The van der Waals surface area contributed by atoms with Crippen molar-refractivity contribution in [1.82, 2.24) is 14.6 Å². The molecule has 2 aromatic heterocycles. The third-order valence-corrected chi connectivity index (χ3v) is 6.07. The Kier molecular flexibility index (Phi) is 5.29. The van der Waals surface area contributed by atoms with Gasteiger partial charge >= 0.3 is 0 Å². The average molecular weight is 374 g/mol. The molecule has 0 spiro atoms. The van der Waals surface area contributed by atoms with Gasteiger partial charge in [0.1, 0.15) is 5.01 Å². The van der Waals surface area contributed by atoms with Crippen LogP contribution in [0.5, 0.6) is 0 Å². The number of thioether (sulfide) groups is 1. The van der Waals surface area contributed by atoms with Crippen LogP contribution in [0, 0.1) is 0 Å². The Labute approximate surface area is 156 Å². The van der Waals surface area contributed by atoms with E-state index >= 15 is 0 Å². The van der Waals surface area contributed by atoms with Crippen molar-refractivity contribution in [2.75, 3.05) is 0 Å². The highest BCUT2D eigenvalue weighted by molar-refractivity contribution is 7.97. The molecule has 3 aromatic rings. The standard InChI is InChI=1S/C19H23N3OS2/c1-5-16-21-22-17(23)10-15(20-18(22)25-16)12-24-11-13-6-8-14(9-7-13)19(2,3)4/h6-10H,5,11-12H2,1-4H3. The molecule has 4 nitrogen and oxygen atoms in total. The fourth-order valence-corrected chi connectivity index (χ4v) is 4.23. The van der Waals surface area contributed by atoms with Crippen molar-refractivity contribution in [3.63, 3.8) is 0 Å². The number of hydrogen-bond acceptors (Lipinski definition) is 5. The lowest BCUT2D eigenvalue weighted by Crippen LogP contribution is -2.15. The third-order valence-electron chi connectivity index (χ3n) is 3.98. The zero-order valence-electron chi connectivity index (χ0n) is 15.1. The molecule has 0 saturated carbocycles. The molecule has 0 saturated heterocycles. The largest absolute Gasteiger partial charge is 0.275 e. The van der Waals surface area contributed by atoms with E-state index in [0.29, 0.717) is 4.96 Å². The van der Waals surface area contributed by atoms with Gasteiger partial charge in [-0.25, -0.2) is 4.98 Å². The van der Waals surface area contributed by atoms with E-state index < -0.39 is 0 Å². The molecule has 0 aliphatic carbocycles. The van der Waals surface area contributed by atoms with E-state index in [1.807, 2.05) is 6.92 Å². The van der Waals surface area contributed by atoms with Crippen LogP contribution in [0.3, 0.4) is 0 Å². The Balaban J connectivity index is 1.66.